The van der Waals surface area contributed by atoms with Gasteiger partial charge in [-0.05, 0) is 32.0 Å². The second-order valence-corrected chi connectivity index (χ2v) is 7.27. The molecule has 0 spiro atoms. The summed E-state index contributed by atoms with van der Waals surface area (Å²) in [6, 6.07) is 11.3. The summed E-state index contributed by atoms with van der Waals surface area (Å²) in [5.41, 5.74) is 2.02. The van der Waals surface area contributed by atoms with Gasteiger partial charge in [0, 0.05) is 49.4 Å². The molecular weight excluding hydrogens is 354 g/mol. The van der Waals surface area contributed by atoms with Crippen LogP contribution in [0.15, 0.2) is 48.8 Å². The third-order valence-electron chi connectivity index (χ3n) is 5.04. The molecule has 0 unspecified atom stereocenters. The first-order valence-corrected chi connectivity index (χ1v) is 9.51. The van der Waals surface area contributed by atoms with E-state index < -0.39 is 0 Å². The summed E-state index contributed by atoms with van der Waals surface area (Å²) in [5, 5.41) is 5.21. The Morgan fingerprint density at radius 3 is 2.11 bits per heavy atom. The molecule has 1 aromatic carbocycles. The first-order valence-electron chi connectivity index (χ1n) is 9.51. The summed E-state index contributed by atoms with van der Waals surface area (Å²) >= 11 is 0. The molecule has 1 aliphatic rings. The van der Waals surface area contributed by atoms with Crippen molar-refractivity contribution in [3.05, 3.63) is 59.9 Å². The Labute approximate surface area is 163 Å². The van der Waals surface area contributed by atoms with Crippen molar-refractivity contribution in [2.75, 3.05) is 26.2 Å². The van der Waals surface area contributed by atoms with E-state index in [-0.39, 0.29) is 17.9 Å². The standard InChI is InChI=1S/C21H23N5O2/c1-15(2)26-19-17(14-23-26)12-18(13-22-19)21(28)25-10-8-24(9-11-25)20(27)16-6-4-3-5-7-16/h3-7,12-15H,8-11H2,1-2H3. The van der Waals surface area contributed by atoms with Crippen LogP contribution < -0.4 is 0 Å². The van der Waals surface area contributed by atoms with Crippen molar-refractivity contribution < 1.29 is 9.59 Å². The molecule has 144 valence electrons. The average molecular weight is 377 g/mol. The van der Waals surface area contributed by atoms with Crippen LogP contribution in [0.4, 0.5) is 0 Å². The number of aromatic nitrogens is 3. The molecule has 0 bridgehead atoms. The van der Waals surface area contributed by atoms with E-state index in [2.05, 4.69) is 10.1 Å². The fourth-order valence-electron chi connectivity index (χ4n) is 3.49. The molecule has 0 atom stereocenters. The van der Waals surface area contributed by atoms with E-state index in [0.29, 0.717) is 37.3 Å². The molecule has 3 aromatic rings. The highest BCUT2D eigenvalue weighted by atomic mass is 16.2. The van der Waals surface area contributed by atoms with Gasteiger partial charge in [0.1, 0.15) is 0 Å². The van der Waals surface area contributed by atoms with Crippen LogP contribution in [-0.2, 0) is 0 Å². The number of benzene rings is 1. The van der Waals surface area contributed by atoms with E-state index in [1.54, 1.807) is 22.2 Å². The summed E-state index contributed by atoms with van der Waals surface area (Å²) < 4.78 is 1.84. The van der Waals surface area contributed by atoms with Crippen molar-refractivity contribution in [2.24, 2.45) is 0 Å². The summed E-state index contributed by atoms with van der Waals surface area (Å²) in [6.45, 7) is 6.18. The molecule has 7 nitrogen and oxygen atoms in total. The Morgan fingerprint density at radius 1 is 0.893 bits per heavy atom. The molecule has 2 aromatic heterocycles. The monoisotopic (exact) mass is 377 g/mol. The van der Waals surface area contributed by atoms with Crippen molar-refractivity contribution in [3.8, 4) is 0 Å². The lowest BCUT2D eigenvalue weighted by atomic mass is 10.1. The molecule has 28 heavy (non-hydrogen) atoms. The topological polar surface area (TPSA) is 71.3 Å². The second kappa shape index (κ2) is 7.42. The molecule has 0 N–H and O–H groups in total. The Bertz CT molecular complexity index is 1000. The fraction of sp³-hybridized carbons (Fsp3) is 0.333. The molecule has 1 aliphatic heterocycles. The average Bonchev–Trinajstić information content (AvgIpc) is 3.17. The molecule has 0 saturated carbocycles. The Balaban J connectivity index is 1.44. The normalized spacial score (nSPS) is 14.7. The number of pyridine rings is 1. The molecular formula is C21H23N5O2. The first kappa shape index (κ1) is 18.2. The lowest BCUT2D eigenvalue weighted by Crippen LogP contribution is -2.50. The zero-order valence-corrected chi connectivity index (χ0v) is 16.1. The highest BCUT2D eigenvalue weighted by Crippen LogP contribution is 2.18. The number of carbonyl (C=O) groups is 2. The van der Waals surface area contributed by atoms with Gasteiger partial charge in [-0.25, -0.2) is 9.67 Å². The fourth-order valence-corrected chi connectivity index (χ4v) is 3.49. The summed E-state index contributed by atoms with van der Waals surface area (Å²) in [5.74, 6) is -0.0459. The van der Waals surface area contributed by atoms with Gasteiger partial charge in [0.25, 0.3) is 11.8 Å². The maximum atomic E-state index is 12.9. The number of hydrogen-bond acceptors (Lipinski definition) is 4. The van der Waals surface area contributed by atoms with Crippen molar-refractivity contribution in [2.45, 2.75) is 19.9 Å². The van der Waals surface area contributed by atoms with E-state index in [0.717, 1.165) is 11.0 Å². The van der Waals surface area contributed by atoms with Crippen LogP contribution in [0.3, 0.4) is 0 Å². The van der Waals surface area contributed by atoms with Crippen LogP contribution in [0.5, 0.6) is 0 Å². The van der Waals surface area contributed by atoms with E-state index >= 15 is 0 Å². The minimum Gasteiger partial charge on any atom is -0.335 e. The zero-order valence-electron chi connectivity index (χ0n) is 16.1. The van der Waals surface area contributed by atoms with Gasteiger partial charge in [0.2, 0.25) is 0 Å². The van der Waals surface area contributed by atoms with Crippen molar-refractivity contribution >= 4 is 22.8 Å². The molecule has 0 aliphatic carbocycles. The number of piperazine rings is 1. The Morgan fingerprint density at radius 2 is 1.50 bits per heavy atom. The first-order chi connectivity index (χ1) is 13.5. The zero-order chi connectivity index (χ0) is 19.7. The summed E-state index contributed by atoms with van der Waals surface area (Å²) in [4.78, 5) is 33.5. The molecule has 3 heterocycles. The number of carbonyl (C=O) groups excluding carboxylic acids is 2. The number of hydrogen-bond donors (Lipinski definition) is 0. The SMILES string of the molecule is CC(C)n1ncc2cc(C(=O)N3CCN(C(=O)c4ccccc4)CC3)cnc21. The number of amides is 2. The second-order valence-electron chi connectivity index (χ2n) is 7.27. The molecule has 0 radical (unpaired) electrons. The molecule has 1 saturated heterocycles. The molecule has 4 rings (SSSR count). The van der Waals surface area contributed by atoms with Gasteiger partial charge >= 0.3 is 0 Å². The maximum absolute atomic E-state index is 12.9. The van der Waals surface area contributed by atoms with Crippen LogP contribution in [0.2, 0.25) is 0 Å². The Hall–Kier alpha value is -3.22. The number of fused-ring (bicyclic) bond motifs is 1. The predicted molar refractivity (Wildman–Crippen MR) is 106 cm³/mol. The van der Waals surface area contributed by atoms with E-state index in [4.69, 9.17) is 0 Å². The van der Waals surface area contributed by atoms with E-state index in [1.165, 1.54) is 0 Å². The van der Waals surface area contributed by atoms with Crippen molar-refractivity contribution in [3.63, 3.8) is 0 Å². The number of nitrogens with zero attached hydrogens (tertiary/aromatic N) is 5. The van der Waals surface area contributed by atoms with Crippen LogP contribution in [0.25, 0.3) is 11.0 Å². The largest absolute Gasteiger partial charge is 0.335 e. The van der Waals surface area contributed by atoms with Gasteiger partial charge in [-0.3, -0.25) is 9.59 Å². The summed E-state index contributed by atoms with van der Waals surface area (Å²) in [6.07, 6.45) is 3.36. The smallest absolute Gasteiger partial charge is 0.255 e. The highest BCUT2D eigenvalue weighted by molar-refractivity contribution is 5.97. The predicted octanol–water partition coefficient (Wildman–Crippen LogP) is 2.61. The minimum atomic E-state index is -0.0569. The quantitative estimate of drug-likeness (QED) is 0.703. The van der Waals surface area contributed by atoms with Crippen molar-refractivity contribution in [1.29, 1.82) is 0 Å². The maximum Gasteiger partial charge on any atom is 0.255 e. The Kier molecular flexibility index (Phi) is 4.81. The van der Waals surface area contributed by atoms with E-state index in [1.807, 2.05) is 54.9 Å². The van der Waals surface area contributed by atoms with Gasteiger partial charge in [0.15, 0.2) is 5.65 Å². The molecule has 1 fully saturated rings. The third kappa shape index (κ3) is 3.35. The van der Waals surface area contributed by atoms with Gasteiger partial charge in [-0.15, -0.1) is 0 Å². The van der Waals surface area contributed by atoms with Crippen LogP contribution in [-0.4, -0.2) is 62.6 Å². The van der Waals surface area contributed by atoms with Gasteiger partial charge in [-0.1, -0.05) is 18.2 Å². The van der Waals surface area contributed by atoms with Gasteiger partial charge < -0.3 is 9.80 Å². The number of rotatable bonds is 3. The summed E-state index contributed by atoms with van der Waals surface area (Å²) in [7, 11) is 0. The van der Waals surface area contributed by atoms with Crippen LogP contribution >= 0.6 is 0 Å². The molecule has 7 heteroatoms. The van der Waals surface area contributed by atoms with Crippen molar-refractivity contribution in [1.82, 2.24) is 24.6 Å². The van der Waals surface area contributed by atoms with Gasteiger partial charge in [-0.2, -0.15) is 5.10 Å². The van der Waals surface area contributed by atoms with Crippen LogP contribution in [0.1, 0.15) is 40.6 Å². The van der Waals surface area contributed by atoms with Gasteiger partial charge in [0.05, 0.1) is 11.8 Å². The van der Waals surface area contributed by atoms with Crippen LogP contribution in [0, 0.1) is 0 Å². The lowest BCUT2D eigenvalue weighted by molar-refractivity contribution is 0.0535. The molecule has 2 amide bonds. The third-order valence-corrected chi connectivity index (χ3v) is 5.04. The highest BCUT2D eigenvalue weighted by Gasteiger charge is 2.26. The van der Waals surface area contributed by atoms with E-state index in [9.17, 15) is 9.59 Å². The minimum absolute atomic E-state index is 0.0110. The lowest BCUT2D eigenvalue weighted by Gasteiger charge is -2.34.